The minimum absolute atomic E-state index is 0.215. The zero-order valence-corrected chi connectivity index (χ0v) is 7.89. The van der Waals surface area contributed by atoms with Gasteiger partial charge in [-0.25, -0.2) is 0 Å². The van der Waals surface area contributed by atoms with Gasteiger partial charge in [0.05, 0.1) is 0 Å². The summed E-state index contributed by atoms with van der Waals surface area (Å²) in [6.45, 7) is 1.94. The van der Waals surface area contributed by atoms with Crippen molar-refractivity contribution in [3.63, 3.8) is 0 Å². The summed E-state index contributed by atoms with van der Waals surface area (Å²) in [5.41, 5.74) is 0. The molecular weight excluding hydrogens is 182 g/mol. The molecule has 0 bridgehead atoms. The van der Waals surface area contributed by atoms with Crippen molar-refractivity contribution >= 4 is 41.2 Å². The van der Waals surface area contributed by atoms with Crippen molar-refractivity contribution in [2.75, 3.05) is 0 Å². The molecule has 0 aliphatic carbocycles. The molecule has 8 heavy (non-hydrogen) atoms. The first kappa shape index (κ1) is 9.09. The van der Waals surface area contributed by atoms with E-state index in [9.17, 15) is 0 Å². The Bertz CT molecular complexity index is 47.2. The summed E-state index contributed by atoms with van der Waals surface area (Å²) in [4.78, 5) is 0. The van der Waals surface area contributed by atoms with Crippen molar-refractivity contribution in [3.05, 3.63) is 0 Å². The Balaban J connectivity index is 2.93. The third-order valence-electron chi connectivity index (χ3n) is 0.731. The topological polar surface area (TPSA) is 0 Å². The quantitative estimate of drug-likeness (QED) is 0.365. The van der Waals surface area contributed by atoms with Gasteiger partial charge in [-0.1, -0.05) is 0 Å². The number of hydrogen-bond donors (Lipinski definition) is 0. The van der Waals surface area contributed by atoms with E-state index in [1.54, 1.807) is 0 Å². The molecule has 0 aliphatic heterocycles. The van der Waals surface area contributed by atoms with Gasteiger partial charge in [-0.05, 0) is 19.4 Å². The van der Waals surface area contributed by atoms with Crippen molar-refractivity contribution in [1.82, 2.24) is 0 Å². The summed E-state index contributed by atoms with van der Waals surface area (Å²) in [6, 6.07) is 0.887. The van der Waals surface area contributed by atoms with Gasteiger partial charge in [0.1, 0.15) is 0 Å². The highest BCUT2D eigenvalue weighted by atomic mass is 35.7. The van der Waals surface area contributed by atoms with Crippen LogP contribution in [0.3, 0.4) is 0 Å². The zero-order valence-electron chi connectivity index (χ0n) is 4.63. The predicted molar refractivity (Wildman–Crippen MR) is 42.2 cm³/mol. The van der Waals surface area contributed by atoms with Crippen LogP contribution in [0.1, 0.15) is 13.3 Å². The van der Waals surface area contributed by atoms with E-state index in [1.807, 2.05) is 6.92 Å². The van der Waals surface area contributed by atoms with Gasteiger partial charge in [0, 0.05) is 5.38 Å². The number of rotatable bonds is 3. The SMILES string of the molecule is CC(Cl)CC[Si](Cl)Cl. The lowest BCUT2D eigenvalue weighted by Gasteiger charge is -1.98. The van der Waals surface area contributed by atoms with Crippen molar-refractivity contribution in [1.29, 1.82) is 0 Å². The van der Waals surface area contributed by atoms with Crippen LogP contribution in [0.4, 0.5) is 0 Å². The molecule has 0 fully saturated rings. The minimum Gasteiger partial charge on any atom is -0.147 e. The summed E-state index contributed by atoms with van der Waals surface area (Å²) < 4.78 is 0. The highest BCUT2D eigenvalue weighted by Gasteiger charge is 2.04. The molecule has 0 aromatic rings. The van der Waals surface area contributed by atoms with E-state index in [2.05, 4.69) is 0 Å². The lowest BCUT2D eigenvalue weighted by atomic mass is 10.4. The highest BCUT2D eigenvalue weighted by Crippen LogP contribution is 2.11. The van der Waals surface area contributed by atoms with Crippen molar-refractivity contribution in [3.8, 4) is 0 Å². The van der Waals surface area contributed by atoms with E-state index < -0.39 is 7.42 Å². The lowest BCUT2D eigenvalue weighted by Crippen LogP contribution is -1.97. The van der Waals surface area contributed by atoms with Gasteiger partial charge in [0.2, 0.25) is 0 Å². The molecule has 0 aromatic heterocycles. The average molecular weight is 191 g/mol. The number of hydrogen-bond acceptors (Lipinski definition) is 0. The van der Waals surface area contributed by atoms with Crippen molar-refractivity contribution in [2.45, 2.75) is 24.8 Å². The standard InChI is InChI=1S/C4H8Cl3Si/c1-4(5)2-3-8(6)7/h4H,2-3H2,1H3. The first-order valence-corrected chi connectivity index (χ1v) is 6.60. The van der Waals surface area contributed by atoms with Crippen LogP contribution in [-0.4, -0.2) is 12.8 Å². The molecule has 0 N–H and O–H groups in total. The predicted octanol–water partition coefficient (Wildman–Crippen LogP) is 2.97. The van der Waals surface area contributed by atoms with Gasteiger partial charge >= 0.3 is 0 Å². The maximum absolute atomic E-state index is 5.62. The van der Waals surface area contributed by atoms with E-state index >= 15 is 0 Å². The van der Waals surface area contributed by atoms with E-state index in [1.165, 1.54) is 0 Å². The first-order valence-electron chi connectivity index (χ1n) is 2.44. The van der Waals surface area contributed by atoms with E-state index in [4.69, 9.17) is 33.8 Å². The summed E-state index contributed by atoms with van der Waals surface area (Å²) in [5, 5.41) is 0.215. The second-order valence-electron chi connectivity index (χ2n) is 1.66. The normalized spacial score (nSPS) is 14.6. The van der Waals surface area contributed by atoms with Crippen LogP contribution in [0.25, 0.3) is 0 Å². The monoisotopic (exact) mass is 189 g/mol. The average Bonchev–Trinajstić information content (AvgIpc) is 1.61. The molecule has 0 saturated carbocycles. The number of alkyl halides is 1. The molecule has 0 nitrogen and oxygen atoms in total. The molecule has 0 saturated heterocycles. The van der Waals surface area contributed by atoms with Gasteiger partial charge in [-0.15, -0.1) is 33.8 Å². The van der Waals surface area contributed by atoms with Crippen LogP contribution in [0.2, 0.25) is 6.04 Å². The molecule has 0 aromatic carbocycles. The second kappa shape index (κ2) is 4.92. The largest absolute Gasteiger partial charge is 0.273 e. The van der Waals surface area contributed by atoms with Gasteiger partial charge in [-0.3, -0.25) is 0 Å². The van der Waals surface area contributed by atoms with E-state index in [0.717, 1.165) is 12.5 Å². The number of halogens is 3. The van der Waals surface area contributed by atoms with Gasteiger partial charge in [0.25, 0.3) is 7.42 Å². The Morgan fingerprint density at radius 1 is 1.50 bits per heavy atom. The van der Waals surface area contributed by atoms with Crippen LogP contribution in [0.5, 0.6) is 0 Å². The molecule has 0 aliphatic rings. The second-order valence-corrected chi connectivity index (χ2v) is 6.90. The fourth-order valence-electron chi connectivity index (χ4n) is 0.308. The van der Waals surface area contributed by atoms with Crippen molar-refractivity contribution in [2.24, 2.45) is 0 Å². The molecule has 49 valence electrons. The Labute approximate surface area is 66.1 Å². The van der Waals surface area contributed by atoms with Crippen molar-refractivity contribution < 1.29 is 0 Å². The Morgan fingerprint density at radius 2 is 2.00 bits per heavy atom. The molecule has 1 atom stereocenters. The third-order valence-corrected chi connectivity index (χ3v) is 2.75. The molecular formula is C4H8Cl3Si. The molecule has 0 rings (SSSR count). The lowest BCUT2D eigenvalue weighted by molar-refractivity contribution is 0.890. The van der Waals surface area contributed by atoms with Crippen LogP contribution in [-0.2, 0) is 0 Å². The smallest absolute Gasteiger partial charge is 0.147 e. The van der Waals surface area contributed by atoms with Crippen LogP contribution < -0.4 is 0 Å². The first-order chi connectivity index (χ1) is 3.63. The van der Waals surface area contributed by atoms with Crippen LogP contribution in [0, 0.1) is 0 Å². The highest BCUT2D eigenvalue weighted by molar-refractivity contribution is 7.33. The summed E-state index contributed by atoms with van der Waals surface area (Å²) in [7, 11) is -1.07. The van der Waals surface area contributed by atoms with Gasteiger partial charge < -0.3 is 0 Å². The molecule has 0 spiro atoms. The third kappa shape index (κ3) is 7.09. The Kier molecular flexibility index (Phi) is 5.59. The van der Waals surface area contributed by atoms with Gasteiger partial charge in [0.15, 0.2) is 0 Å². The van der Waals surface area contributed by atoms with Gasteiger partial charge in [-0.2, -0.15) is 0 Å². The minimum atomic E-state index is -1.07. The molecule has 1 unspecified atom stereocenters. The maximum atomic E-state index is 5.62. The van der Waals surface area contributed by atoms with Crippen LogP contribution >= 0.6 is 33.8 Å². The van der Waals surface area contributed by atoms with Crippen LogP contribution in [0.15, 0.2) is 0 Å². The van der Waals surface area contributed by atoms with E-state index in [-0.39, 0.29) is 5.38 Å². The summed E-state index contributed by atoms with van der Waals surface area (Å²) in [5.74, 6) is 0. The summed E-state index contributed by atoms with van der Waals surface area (Å²) in [6.07, 6.45) is 0.933. The molecule has 4 heteroatoms. The van der Waals surface area contributed by atoms with E-state index in [0.29, 0.717) is 0 Å². The fourth-order valence-corrected chi connectivity index (χ4v) is 1.91. The molecule has 0 amide bonds. The maximum Gasteiger partial charge on any atom is 0.273 e. The summed E-state index contributed by atoms with van der Waals surface area (Å²) >= 11 is 16.7. The fraction of sp³-hybridized carbons (Fsp3) is 1.00. The zero-order chi connectivity index (χ0) is 6.57. The molecule has 1 radical (unpaired) electrons. The Hall–Kier alpha value is 1.09. The Morgan fingerprint density at radius 3 is 2.12 bits per heavy atom. The molecule has 0 heterocycles.